The van der Waals surface area contributed by atoms with E-state index in [-0.39, 0.29) is 0 Å². The quantitative estimate of drug-likeness (QED) is 0.159. The third-order valence-corrected chi connectivity index (χ3v) is 13.9. The predicted molar refractivity (Wildman–Crippen MR) is 272 cm³/mol. The second kappa shape index (κ2) is 14.7. The Bertz CT molecular complexity index is 3880. The van der Waals surface area contributed by atoms with Gasteiger partial charge in [0.2, 0.25) is 0 Å². The van der Waals surface area contributed by atoms with E-state index in [1.807, 2.05) is 11.3 Å². The van der Waals surface area contributed by atoms with Gasteiger partial charge < -0.3 is 13.9 Å². The van der Waals surface area contributed by atoms with Crippen molar-refractivity contribution < 1.29 is 4.42 Å². The van der Waals surface area contributed by atoms with Gasteiger partial charge in [-0.1, -0.05) is 140 Å². The smallest absolute Gasteiger partial charge is 0.143 e. The molecule has 0 atom stereocenters. The first-order chi connectivity index (χ1) is 31.7. The van der Waals surface area contributed by atoms with Crippen LogP contribution in [0.2, 0.25) is 0 Å². The number of hydrogen-bond donors (Lipinski definition) is 0. The maximum Gasteiger partial charge on any atom is 0.143 e. The van der Waals surface area contributed by atoms with Crippen molar-refractivity contribution in [1.82, 2.24) is 4.57 Å². The van der Waals surface area contributed by atoms with Crippen LogP contribution in [0.25, 0.3) is 103 Å². The summed E-state index contributed by atoms with van der Waals surface area (Å²) in [5.74, 6) is 0. The molecule has 0 radical (unpaired) electrons. The van der Waals surface area contributed by atoms with Crippen LogP contribution in [0.15, 0.2) is 235 Å². The summed E-state index contributed by atoms with van der Waals surface area (Å²) in [6.07, 6.45) is 0. The van der Waals surface area contributed by atoms with Crippen molar-refractivity contribution in [2.75, 3.05) is 4.90 Å². The molecule has 0 aliphatic carbocycles. The number of furan rings is 1. The largest absolute Gasteiger partial charge is 0.455 e. The predicted octanol–water partition coefficient (Wildman–Crippen LogP) is 17.5. The molecule has 0 fully saturated rings. The molecule has 0 bridgehead atoms. The van der Waals surface area contributed by atoms with Crippen LogP contribution in [0.5, 0.6) is 0 Å². The van der Waals surface area contributed by atoms with Gasteiger partial charge >= 0.3 is 0 Å². The van der Waals surface area contributed by atoms with Gasteiger partial charge in [-0.2, -0.15) is 0 Å². The minimum absolute atomic E-state index is 0.872. The number of hydrogen-bond acceptors (Lipinski definition) is 3. The maximum absolute atomic E-state index is 6.84. The monoisotopic (exact) mass is 834 g/mol. The van der Waals surface area contributed by atoms with Gasteiger partial charge in [-0.25, -0.2) is 0 Å². The Morgan fingerprint density at radius 3 is 1.67 bits per heavy atom. The molecule has 0 aliphatic heterocycles. The van der Waals surface area contributed by atoms with E-state index in [0.717, 1.165) is 55.8 Å². The Morgan fingerprint density at radius 1 is 0.344 bits per heavy atom. The lowest BCUT2D eigenvalue weighted by molar-refractivity contribution is 0.670. The lowest BCUT2D eigenvalue weighted by atomic mass is 9.98. The van der Waals surface area contributed by atoms with Crippen LogP contribution in [0, 0.1) is 0 Å². The molecule has 300 valence electrons. The van der Waals surface area contributed by atoms with E-state index in [1.54, 1.807) is 0 Å². The summed E-state index contributed by atoms with van der Waals surface area (Å²) in [5.41, 5.74) is 15.4. The van der Waals surface area contributed by atoms with Crippen molar-refractivity contribution in [2.24, 2.45) is 0 Å². The zero-order valence-electron chi connectivity index (χ0n) is 34.7. The van der Waals surface area contributed by atoms with Gasteiger partial charge in [0, 0.05) is 70.0 Å². The van der Waals surface area contributed by atoms with Crippen molar-refractivity contribution >= 4 is 92.3 Å². The Hall–Kier alpha value is -8.18. The van der Waals surface area contributed by atoms with Crippen molar-refractivity contribution in [1.29, 1.82) is 0 Å². The Labute approximate surface area is 373 Å². The fourth-order valence-corrected chi connectivity index (χ4v) is 10.8. The molecule has 10 aromatic carbocycles. The number of thiophene rings is 1. The number of nitrogens with zero attached hydrogens (tertiary/aromatic N) is 2. The van der Waals surface area contributed by atoms with E-state index in [0.29, 0.717) is 0 Å². The van der Waals surface area contributed by atoms with Gasteiger partial charge in [-0.05, 0) is 119 Å². The van der Waals surface area contributed by atoms with Crippen LogP contribution in [0.1, 0.15) is 0 Å². The van der Waals surface area contributed by atoms with Gasteiger partial charge in [0.1, 0.15) is 11.2 Å². The molecular formula is C60H38N2OS. The summed E-state index contributed by atoms with van der Waals surface area (Å²) in [6.45, 7) is 0. The summed E-state index contributed by atoms with van der Waals surface area (Å²) in [7, 11) is 0. The highest BCUT2D eigenvalue weighted by Crippen LogP contribution is 2.47. The highest BCUT2D eigenvalue weighted by molar-refractivity contribution is 7.25. The minimum Gasteiger partial charge on any atom is -0.455 e. The van der Waals surface area contributed by atoms with Crippen LogP contribution < -0.4 is 4.90 Å². The number of benzene rings is 10. The summed E-state index contributed by atoms with van der Waals surface area (Å²) in [6, 6.07) is 83.5. The van der Waals surface area contributed by atoms with Gasteiger partial charge in [-0.3, -0.25) is 0 Å². The van der Waals surface area contributed by atoms with Crippen molar-refractivity contribution in [3.05, 3.63) is 231 Å². The molecule has 0 N–H and O–H groups in total. The van der Waals surface area contributed by atoms with Crippen molar-refractivity contribution in [2.45, 2.75) is 0 Å². The highest BCUT2D eigenvalue weighted by atomic mass is 32.1. The average Bonchev–Trinajstić information content (AvgIpc) is 4.04. The topological polar surface area (TPSA) is 21.3 Å². The summed E-state index contributed by atoms with van der Waals surface area (Å²) >= 11 is 1.85. The molecule has 3 nitrogen and oxygen atoms in total. The molecule has 4 heteroatoms. The van der Waals surface area contributed by atoms with Gasteiger partial charge in [0.15, 0.2) is 0 Å². The summed E-state index contributed by atoms with van der Waals surface area (Å²) < 4.78 is 11.8. The van der Waals surface area contributed by atoms with Crippen molar-refractivity contribution in [3.63, 3.8) is 0 Å². The summed E-state index contributed by atoms with van der Waals surface area (Å²) in [5, 5.41) is 7.10. The van der Waals surface area contributed by atoms with Crippen molar-refractivity contribution in [3.8, 4) is 39.1 Å². The van der Waals surface area contributed by atoms with Crippen LogP contribution >= 0.6 is 11.3 Å². The Kier molecular flexibility index (Phi) is 8.40. The van der Waals surface area contributed by atoms with E-state index in [4.69, 9.17) is 4.42 Å². The summed E-state index contributed by atoms with van der Waals surface area (Å²) in [4.78, 5) is 2.42. The Morgan fingerprint density at radius 2 is 0.891 bits per heavy atom. The normalized spacial score (nSPS) is 11.8. The number of fused-ring (bicyclic) bond motifs is 9. The third-order valence-electron chi connectivity index (χ3n) is 12.8. The first-order valence-corrected chi connectivity index (χ1v) is 22.6. The fraction of sp³-hybridized carbons (Fsp3) is 0. The van der Waals surface area contributed by atoms with Crippen LogP contribution in [0.3, 0.4) is 0 Å². The molecule has 0 saturated heterocycles. The molecule has 64 heavy (non-hydrogen) atoms. The van der Waals surface area contributed by atoms with Crippen LogP contribution in [0.4, 0.5) is 17.1 Å². The van der Waals surface area contributed by atoms with E-state index >= 15 is 0 Å². The average molecular weight is 835 g/mol. The fourth-order valence-electron chi connectivity index (χ4n) is 9.75. The molecule has 0 unspecified atom stereocenters. The molecule has 0 aliphatic rings. The second-order valence-electron chi connectivity index (χ2n) is 16.5. The molecule has 0 saturated carbocycles. The van der Waals surface area contributed by atoms with Gasteiger partial charge in [0.05, 0.1) is 11.0 Å². The van der Waals surface area contributed by atoms with E-state index < -0.39 is 0 Å². The zero-order valence-corrected chi connectivity index (χ0v) is 35.5. The second-order valence-corrected chi connectivity index (χ2v) is 17.6. The molecule has 0 amide bonds. The molecule has 3 heterocycles. The zero-order chi connectivity index (χ0) is 42.1. The SMILES string of the molecule is c1ccc(-c2ccc(N(c3ccc4sc5ccc(-c6ccccc6)cc5c4c3)c3cc(-c4ccc5c(c4)c4ccccc4n5-c4ccccc4)c4oc5ccccc5c4c3)cc2)cc1. The molecule has 0 spiro atoms. The molecular weight excluding hydrogens is 797 g/mol. The highest BCUT2D eigenvalue weighted by Gasteiger charge is 2.22. The third kappa shape index (κ3) is 5.95. The standard InChI is InChI=1S/C60H38N2OS/c1-4-14-39(15-5-1)41-24-28-45(29-25-41)61(46-30-33-59-53(36-46)52-34-42(27-32-58(52)64-59)40-16-6-2-7-17-40)47-37-50(60-54(38-47)49-21-11-13-23-57(49)63-60)43-26-31-56-51(35-43)48-20-10-12-22-55(48)62(56)44-18-8-3-9-19-44/h1-38H. The van der Waals surface area contributed by atoms with Gasteiger partial charge in [-0.15, -0.1) is 11.3 Å². The van der Waals surface area contributed by atoms with Crippen LogP contribution in [-0.2, 0) is 0 Å². The molecule has 13 aromatic rings. The number of anilines is 3. The Balaban J connectivity index is 1.05. The first-order valence-electron chi connectivity index (χ1n) is 21.7. The maximum atomic E-state index is 6.84. The number of para-hydroxylation sites is 3. The van der Waals surface area contributed by atoms with E-state index in [9.17, 15) is 0 Å². The lowest BCUT2D eigenvalue weighted by Gasteiger charge is -2.27. The lowest BCUT2D eigenvalue weighted by Crippen LogP contribution is -2.10. The van der Waals surface area contributed by atoms with Gasteiger partial charge in [0.25, 0.3) is 0 Å². The molecule has 13 rings (SSSR count). The minimum atomic E-state index is 0.872. The first kappa shape index (κ1) is 36.5. The molecule has 3 aromatic heterocycles. The number of aromatic nitrogens is 1. The van der Waals surface area contributed by atoms with E-state index in [1.165, 1.54) is 64.2 Å². The van der Waals surface area contributed by atoms with E-state index in [2.05, 4.69) is 240 Å². The number of rotatable bonds is 7. The van der Waals surface area contributed by atoms with Crippen LogP contribution in [-0.4, -0.2) is 4.57 Å².